The Bertz CT molecular complexity index is 553. The largest absolute Gasteiger partial charge is 0.416 e. The molecule has 17 heavy (non-hydrogen) atoms. The summed E-state index contributed by atoms with van der Waals surface area (Å²) in [7, 11) is 1.72. The van der Waals surface area contributed by atoms with Crippen LogP contribution in [0.2, 0.25) is 0 Å². The molecule has 0 bridgehead atoms. The smallest absolute Gasteiger partial charge is 0.346 e. The molecular formula is C12H13F3N2. The molecule has 0 radical (unpaired) electrons. The third-order valence-electron chi connectivity index (χ3n) is 2.88. The van der Waals surface area contributed by atoms with Crippen LogP contribution in [0, 0.1) is 0 Å². The van der Waals surface area contributed by atoms with Crippen LogP contribution in [0.3, 0.4) is 0 Å². The van der Waals surface area contributed by atoms with Crippen molar-refractivity contribution in [3.63, 3.8) is 0 Å². The molecule has 2 N–H and O–H groups in total. The van der Waals surface area contributed by atoms with Gasteiger partial charge in [-0.15, -0.1) is 0 Å². The molecule has 1 aromatic heterocycles. The average Bonchev–Trinajstić information content (AvgIpc) is 2.54. The molecule has 0 aliphatic rings. The lowest BCUT2D eigenvalue weighted by atomic mass is 10.1. The van der Waals surface area contributed by atoms with Crippen molar-refractivity contribution in [3.8, 4) is 0 Å². The van der Waals surface area contributed by atoms with Gasteiger partial charge in [-0.1, -0.05) is 6.07 Å². The number of hydrogen-bond acceptors (Lipinski definition) is 1. The molecule has 2 aromatic rings. The quantitative estimate of drug-likeness (QED) is 0.817. The van der Waals surface area contributed by atoms with Crippen molar-refractivity contribution in [1.82, 2.24) is 4.57 Å². The van der Waals surface area contributed by atoms with Gasteiger partial charge in [0.1, 0.15) is 0 Å². The highest BCUT2D eigenvalue weighted by Gasteiger charge is 2.30. The van der Waals surface area contributed by atoms with Gasteiger partial charge < -0.3 is 10.3 Å². The van der Waals surface area contributed by atoms with Crippen LogP contribution in [0.4, 0.5) is 13.2 Å². The molecule has 0 fully saturated rings. The first-order valence-electron chi connectivity index (χ1n) is 5.23. The summed E-state index contributed by atoms with van der Waals surface area (Å²) in [5.41, 5.74) is 6.49. The van der Waals surface area contributed by atoms with Crippen molar-refractivity contribution in [1.29, 1.82) is 0 Å². The summed E-state index contributed by atoms with van der Waals surface area (Å²) in [6, 6.07) is 5.33. The minimum absolute atomic E-state index is 0.207. The minimum Gasteiger partial charge on any atom is -0.346 e. The highest BCUT2D eigenvalue weighted by molar-refractivity contribution is 5.82. The predicted octanol–water partition coefficient (Wildman–Crippen LogP) is 3.22. The molecule has 0 saturated carbocycles. The van der Waals surface area contributed by atoms with E-state index in [2.05, 4.69) is 0 Å². The number of hydrogen-bond donors (Lipinski definition) is 1. The van der Waals surface area contributed by atoms with Gasteiger partial charge in [0.15, 0.2) is 0 Å². The van der Waals surface area contributed by atoms with Crippen LogP contribution in [0.1, 0.15) is 24.2 Å². The van der Waals surface area contributed by atoms with E-state index >= 15 is 0 Å². The van der Waals surface area contributed by atoms with Crippen LogP contribution in [-0.2, 0) is 13.2 Å². The van der Waals surface area contributed by atoms with E-state index in [0.29, 0.717) is 5.52 Å². The zero-order valence-corrected chi connectivity index (χ0v) is 9.55. The van der Waals surface area contributed by atoms with Crippen LogP contribution in [-0.4, -0.2) is 4.57 Å². The molecule has 5 heteroatoms. The van der Waals surface area contributed by atoms with E-state index in [4.69, 9.17) is 5.73 Å². The molecule has 1 unspecified atom stereocenters. The molecule has 0 aliphatic heterocycles. The molecule has 0 saturated heterocycles. The van der Waals surface area contributed by atoms with Crippen molar-refractivity contribution >= 4 is 10.9 Å². The second-order valence-corrected chi connectivity index (χ2v) is 4.19. The summed E-state index contributed by atoms with van der Waals surface area (Å²) in [5.74, 6) is 0. The number of fused-ring (bicyclic) bond motifs is 1. The first-order chi connectivity index (χ1) is 7.80. The van der Waals surface area contributed by atoms with Crippen molar-refractivity contribution in [3.05, 3.63) is 35.5 Å². The number of alkyl halides is 3. The second-order valence-electron chi connectivity index (χ2n) is 4.19. The summed E-state index contributed by atoms with van der Waals surface area (Å²) in [6.07, 6.45) is -4.31. The van der Waals surface area contributed by atoms with Crippen LogP contribution in [0.15, 0.2) is 24.3 Å². The van der Waals surface area contributed by atoms with Crippen LogP contribution in [0.25, 0.3) is 10.9 Å². The Labute approximate surface area is 96.8 Å². The van der Waals surface area contributed by atoms with Crippen molar-refractivity contribution in [2.75, 3.05) is 0 Å². The lowest BCUT2D eigenvalue weighted by Crippen LogP contribution is -2.09. The number of benzene rings is 1. The van der Waals surface area contributed by atoms with Gasteiger partial charge in [0, 0.05) is 24.3 Å². The summed E-state index contributed by atoms with van der Waals surface area (Å²) < 4.78 is 39.4. The molecule has 2 nitrogen and oxygen atoms in total. The highest BCUT2D eigenvalue weighted by Crippen LogP contribution is 2.32. The lowest BCUT2D eigenvalue weighted by molar-refractivity contribution is -0.137. The van der Waals surface area contributed by atoms with E-state index < -0.39 is 11.7 Å². The Hall–Kier alpha value is -1.49. The summed E-state index contributed by atoms with van der Waals surface area (Å²) in [6.45, 7) is 1.80. The predicted molar refractivity (Wildman–Crippen MR) is 60.5 cm³/mol. The molecule has 0 amide bonds. The summed E-state index contributed by atoms with van der Waals surface area (Å²) in [5, 5.41) is 0.771. The molecular weight excluding hydrogens is 229 g/mol. The van der Waals surface area contributed by atoms with Gasteiger partial charge in [-0.05, 0) is 30.5 Å². The molecule has 1 heterocycles. The fourth-order valence-corrected chi connectivity index (χ4v) is 1.96. The normalized spacial score (nSPS) is 14.2. The first kappa shape index (κ1) is 12.0. The fourth-order valence-electron chi connectivity index (χ4n) is 1.96. The van der Waals surface area contributed by atoms with E-state index in [1.54, 1.807) is 18.5 Å². The Morgan fingerprint density at radius 2 is 1.88 bits per heavy atom. The minimum atomic E-state index is -4.31. The SMILES string of the molecule is CC(N)c1cc2ccc(C(F)(F)F)cc2n1C. The Morgan fingerprint density at radius 1 is 1.24 bits per heavy atom. The maximum atomic E-state index is 12.6. The fraction of sp³-hybridized carbons (Fsp3) is 0.333. The molecule has 2 rings (SSSR count). The van der Waals surface area contributed by atoms with Gasteiger partial charge in [0.25, 0.3) is 0 Å². The average molecular weight is 242 g/mol. The number of halogens is 3. The Morgan fingerprint density at radius 3 is 2.41 bits per heavy atom. The maximum absolute atomic E-state index is 12.6. The summed E-state index contributed by atoms with van der Waals surface area (Å²) in [4.78, 5) is 0. The van der Waals surface area contributed by atoms with Crippen LogP contribution < -0.4 is 5.73 Å². The van der Waals surface area contributed by atoms with Crippen LogP contribution in [0.5, 0.6) is 0 Å². The van der Waals surface area contributed by atoms with Crippen molar-refractivity contribution in [2.24, 2.45) is 12.8 Å². The van der Waals surface area contributed by atoms with Gasteiger partial charge >= 0.3 is 6.18 Å². The Kier molecular flexibility index (Phi) is 2.66. The van der Waals surface area contributed by atoms with E-state index in [1.165, 1.54) is 6.07 Å². The van der Waals surface area contributed by atoms with E-state index in [-0.39, 0.29) is 6.04 Å². The monoisotopic (exact) mass is 242 g/mol. The number of rotatable bonds is 1. The number of nitrogens with zero attached hydrogens (tertiary/aromatic N) is 1. The van der Waals surface area contributed by atoms with Gasteiger partial charge in [-0.3, -0.25) is 0 Å². The Balaban J connectivity index is 2.66. The summed E-state index contributed by atoms with van der Waals surface area (Å²) >= 11 is 0. The molecule has 1 aromatic carbocycles. The third-order valence-corrected chi connectivity index (χ3v) is 2.88. The molecule has 0 spiro atoms. The standard InChI is InChI=1S/C12H13F3N2/c1-7(16)10-5-8-3-4-9(12(13,14)15)6-11(8)17(10)2/h3-7H,16H2,1-2H3. The lowest BCUT2D eigenvalue weighted by Gasteiger charge is -2.09. The second kappa shape index (κ2) is 3.77. The van der Waals surface area contributed by atoms with Gasteiger partial charge in [0.2, 0.25) is 0 Å². The maximum Gasteiger partial charge on any atom is 0.416 e. The zero-order valence-electron chi connectivity index (χ0n) is 9.55. The third kappa shape index (κ3) is 2.02. The van der Waals surface area contributed by atoms with Crippen molar-refractivity contribution in [2.45, 2.75) is 19.1 Å². The van der Waals surface area contributed by atoms with Gasteiger partial charge in [-0.2, -0.15) is 13.2 Å². The van der Waals surface area contributed by atoms with Gasteiger partial charge in [0.05, 0.1) is 5.56 Å². The van der Waals surface area contributed by atoms with Crippen LogP contribution >= 0.6 is 0 Å². The highest BCUT2D eigenvalue weighted by atomic mass is 19.4. The van der Waals surface area contributed by atoms with E-state index in [0.717, 1.165) is 23.2 Å². The number of aryl methyl sites for hydroxylation is 1. The van der Waals surface area contributed by atoms with Crippen molar-refractivity contribution < 1.29 is 13.2 Å². The molecule has 1 atom stereocenters. The molecule has 0 aliphatic carbocycles. The van der Waals surface area contributed by atoms with Gasteiger partial charge in [-0.25, -0.2) is 0 Å². The van der Waals surface area contributed by atoms with E-state index in [1.807, 2.05) is 6.07 Å². The first-order valence-corrected chi connectivity index (χ1v) is 5.23. The molecule has 92 valence electrons. The van der Waals surface area contributed by atoms with E-state index in [9.17, 15) is 13.2 Å². The topological polar surface area (TPSA) is 30.9 Å². The number of aromatic nitrogens is 1. The zero-order chi connectivity index (χ0) is 12.8. The number of nitrogens with two attached hydrogens (primary N) is 1.